The van der Waals surface area contributed by atoms with Crippen LogP contribution in [0, 0.1) is 11.3 Å². The number of piperidine rings is 1. The van der Waals surface area contributed by atoms with Crippen molar-refractivity contribution in [2.45, 2.75) is 71.6 Å². The lowest BCUT2D eigenvalue weighted by Crippen LogP contribution is -2.76. The summed E-state index contributed by atoms with van der Waals surface area (Å²) in [5.41, 5.74) is 5.46. The normalized spacial score (nSPS) is 40.3. The molecule has 0 aromatic rings. The van der Waals surface area contributed by atoms with Crippen LogP contribution in [0.1, 0.15) is 53.9 Å². The monoisotopic (exact) mass is 282 g/mol. The molecule has 1 aliphatic heterocycles. The number of rotatable bonds is 3. The largest absolute Gasteiger partial charge is 0.378 e. The van der Waals surface area contributed by atoms with Crippen molar-refractivity contribution >= 4 is 5.91 Å². The van der Waals surface area contributed by atoms with Crippen molar-refractivity contribution in [2.24, 2.45) is 17.1 Å². The number of carbonyl (C=O) groups is 1. The van der Waals surface area contributed by atoms with E-state index in [0.717, 1.165) is 13.0 Å². The molecule has 1 heterocycles. The molecule has 1 aliphatic carbocycles. The van der Waals surface area contributed by atoms with Gasteiger partial charge in [-0.25, -0.2) is 0 Å². The van der Waals surface area contributed by atoms with E-state index in [9.17, 15) is 4.79 Å². The molecule has 4 nitrogen and oxygen atoms in total. The summed E-state index contributed by atoms with van der Waals surface area (Å²) in [5.74, 6) is 0.696. The minimum absolute atomic E-state index is 0.0963. The van der Waals surface area contributed by atoms with Gasteiger partial charge in [-0.15, -0.1) is 0 Å². The summed E-state index contributed by atoms with van der Waals surface area (Å²) in [5, 5.41) is 0. The Balaban J connectivity index is 2.12. The molecule has 2 aliphatic rings. The average molecular weight is 282 g/mol. The van der Waals surface area contributed by atoms with Gasteiger partial charge in [0.25, 0.3) is 0 Å². The van der Waals surface area contributed by atoms with E-state index in [4.69, 9.17) is 10.5 Å². The minimum atomic E-state index is -0.766. The highest BCUT2D eigenvalue weighted by Crippen LogP contribution is 2.51. The lowest BCUT2D eigenvalue weighted by Gasteiger charge is -2.59. The fourth-order valence-corrected chi connectivity index (χ4v) is 3.63. The van der Waals surface area contributed by atoms with E-state index in [1.165, 1.54) is 6.42 Å². The van der Waals surface area contributed by atoms with Gasteiger partial charge in [-0.1, -0.05) is 20.8 Å². The minimum Gasteiger partial charge on any atom is -0.378 e. The molecule has 4 atom stereocenters. The quantitative estimate of drug-likeness (QED) is 0.863. The second-order valence-electron chi connectivity index (χ2n) is 7.33. The van der Waals surface area contributed by atoms with Gasteiger partial charge < -0.3 is 15.4 Å². The van der Waals surface area contributed by atoms with Crippen molar-refractivity contribution in [1.82, 2.24) is 4.90 Å². The SMILES string of the molecule is CCOC1CC(N)(C(=O)N2CC(C)CCC2C)C1(C)C. The van der Waals surface area contributed by atoms with Gasteiger partial charge in [-0.05, 0) is 32.6 Å². The predicted molar refractivity (Wildman–Crippen MR) is 80.3 cm³/mol. The summed E-state index contributed by atoms with van der Waals surface area (Å²) in [4.78, 5) is 15.0. The molecule has 20 heavy (non-hydrogen) atoms. The van der Waals surface area contributed by atoms with Crippen LogP contribution in [0.5, 0.6) is 0 Å². The van der Waals surface area contributed by atoms with Gasteiger partial charge in [-0.3, -0.25) is 4.79 Å². The molecule has 4 unspecified atom stereocenters. The number of hydrogen-bond acceptors (Lipinski definition) is 3. The highest BCUT2D eigenvalue weighted by atomic mass is 16.5. The summed E-state index contributed by atoms with van der Waals surface area (Å²) >= 11 is 0. The Morgan fingerprint density at radius 1 is 1.35 bits per heavy atom. The summed E-state index contributed by atoms with van der Waals surface area (Å²) in [6, 6.07) is 0.307. The first-order valence-corrected chi connectivity index (χ1v) is 7.95. The molecular weight excluding hydrogens is 252 g/mol. The molecule has 1 saturated heterocycles. The Morgan fingerprint density at radius 3 is 2.55 bits per heavy atom. The van der Waals surface area contributed by atoms with Crippen LogP contribution < -0.4 is 5.73 Å². The molecule has 2 fully saturated rings. The average Bonchev–Trinajstić information content (AvgIpc) is 2.40. The Kier molecular flexibility index (Phi) is 4.18. The molecule has 0 aromatic heterocycles. The highest BCUT2D eigenvalue weighted by Gasteiger charge is 2.64. The first-order valence-electron chi connectivity index (χ1n) is 7.95. The van der Waals surface area contributed by atoms with Crippen LogP contribution in [0.15, 0.2) is 0 Å². The molecule has 116 valence electrons. The molecule has 4 heteroatoms. The van der Waals surface area contributed by atoms with Gasteiger partial charge in [0.1, 0.15) is 5.54 Å². The standard InChI is InChI=1S/C16H30N2O2/c1-6-20-13-9-16(17,15(13,4)5)14(19)18-10-11(2)7-8-12(18)3/h11-13H,6-10,17H2,1-5H3. The van der Waals surface area contributed by atoms with Gasteiger partial charge in [0.05, 0.1) is 6.10 Å². The van der Waals surface area contributed by atoms with E-state index in [2.05, 4.69) is 27.7 Å². The van der Waals surface area contributed by atoms with Crippen LogP contribution in [0.4, 0.5) is 0 Å². The Hall–Kier alpha value is -0.610. The van der Waals surface area contributed by atoms with E-state index in [1.54, 1.807) is 0 Å². The van der Waals surface area contributed by atoms with Crippen molar-refractivity contribution in [3.8, 4) is 0 Å². The van der Waals surface area contributed by atoms with E-state index in [-0.39, 0.29) is 17.4 Å². The number of hydrogen-bond donors (Lipinski definition) is 1. The molecule has 1 amide bonds. The van der Waals surface area contributed by atoms with Gasteiger partial charge in [0.2, 0.25) is 5.91 Å². The second kappa shape index (κ2) is 5.30. The van der Waals surface area contributed by atoms with Gasteiger partial charge in [0.15, 0.2) is 0 Å². The molecule has 2 N–H and O–H groups in total. The molecule has 1 saturated carbocycles. The topological polar surface area (TPSA) is 55.6 Å². The maximum Gasteiger partial charge on any atom is 0.243 e. The van der Waals surface area contributed by atoms with E-state index in [1.807, 2.05) is 11.8 Å². The Labute approximate surface area is 123 Å². The maximum absolute atomic E-state index is 13.0. The fraction of sp³-hybridized carbons (Fsp3) is 0.938. The summed E-state index contributed by atoms with van der Waals surface area (Å²) < 4.78 is 5.72. The zero-order valence-corrected chi connectivity index (χ0v) is 13.6. The van der Waals surface area contributed by atoms with Crippen LogP contribution in [0.2, 0.25) is 0 Å². The van der Waals surface area contributed by atoms with Crippen molar-refractivity contribution in [1.29, 1.82) is 0 Å². The molecular formula is C16H30N2O2. The molecule has 0 bridgehead atoms. The van der Waals surface area contributed by atoms with Gasteiger partial charge >= 0.3 is 0 Å². The summed E-state index contributed by atoms with van der Waals surface area (Å²) in [6.07, 6.45) is 3.02. The smallest absolute Gasteiger partial charge is 0.243 e. The first kappa shape index (κ1) is 15.8. The number of nitrogens with zero attached hydrogens (tertiary/aromatic N) is 1. The Morgan fingerprint density at radius 2 is 2.00 bits per heavy atom. The van der Waals surface area contributed by atoms with Crippen LogP contribution in [-0.4, -0.2) is 41.6 Å². The fourth-order valence-electron chi connectivity index (χ4n) is 3.63. The molecule has 2 rings (SSSR count). The number of ether oxygens (including phenoxy) is 1. The maximum atomic E-state index is 13.0. The zero-order chi connectivity index (χ0) is 15.1. The lowest BCUT2D eigenvalue weighted by atomic mass is 9.54. The van der Waals surface area contributed by atoms with Crippen LogP contribution in [-0.2, 0) is 9.53 Å². The van der Waals surface area contributed by atoms with Crippen molar-refractivity contribution in [3.05, 3.63) is 0 Å². The predicted octanol–water partition coefficient (Wildman–Crippen LogP) is 2.17. The first-order chi connectivity index (χ1) is 9.24. The highest BCUT2D eigenvalue weighted by molar-refractivity contribution is 5.89. The van der Waals surface area contributed by atoms with Crippen molar-refractivity contribution in [3.63, 3.8) is 0 Å². The van der Waals surface area contributed by atoms with Gasteiger partial charge in [-0.2, -0.15) is 0 Å². The number of amides is 1. The van der Waals surface area contributed by atoms with Crippen LogP contribution >= 0.6 is 0 Å². The number of nitrogens with two attached hydrogens (primary N) is 1. The van der Waals surface area contributed by atoms with Crippen LogP contribution in [0.3, 0.4) is 0 Å². The van der Waals surface area contributed by atoms with Crippen molar-refractivity contribution in [2.75, 3.05) is 13.2 Å². The number of carbonyl (C=O) groups excluding carboxylic acids is 1. The lowest BCUT2D eigenvalue weighted by molar-refractivity contribution is -0.182. The third-order valence-electron chi connectivity index (χ3n) is 5.59. The Bertz CT molecular complexity index is 383. The zero-order valence-electron chi connectivity index (χ0n) is 13.6. The van der Waals surface area contributed by atoms with Gasteiger partial charge in [0, 0.05) is 31.0 Å². The molecule has 0 spiro atoms. The summed E-state index contributed by atoms with van der Waals surface area (Å²) in [6.45, 7) is 12.0. The third kappa shape index (κ3) is 2.27. The summed E-state index contributed by atoms with van der Waals surface area (Å²) in [7, 11) is 0. The van der Waals surface area contributed by atoms with Crippen molar-refractivity contribution < 1.29 is 9.53 Å². The van der Waals surface area contributed by atoms with E-state index >= 15 is 0 Å². The van der Waals surface area contributed by atoms with Crippen LogP contribution in [0.25, 0.3) is 0 Å². The van der Waals surface area contributed by atoms with E-state index < -0.39 is 5.54 Å². The second-order valence-corrected chi connectivity index (χ2v) is 7.33. The number of likely N-dealkylation sites (tertiary alicyclic amines) is 1. The van der Waals surface area contributed by atoms with E-state index in [0.29, 0.717) is 25.0 Å². The third-order valence-corrected chi connectivity index (χ3v) is 5.59. The molecule has 0 radical (unpaired) electrons. The molecule has 0 aromatic carbocycles.